The van der Waals surface area contributed by atoms with Gasteiger partial charge in [0.25, 0.3) is 11.8 Å². The monoisotopic (exact) mass is 520 g/mol. The van der Waals surface area contributed by atoms with E-state index in [9.17, 15) is 46.0 Å². The first-order valence-corrected chi connectivity index (χ1v) is 9.91. The maximum Gasteiger partial charge on any atom is 0.426 e. The highest BCUT2D eigenvalue weighted by molar-refractivity contribution is 5.98. The molecule has 2 amide bonds. The van der Waals surface area contributed by atoms with Gasteiger partial charge in [-0.1, -0.05) is 36.4 Å². The molecule has 0 unspecified atom stereocenters. The molecule has 2 N–H and O–H groups in total. The Kier molecular flexibility index (Phi) is 8.75. The zero-order chi connectivity index (χ0) is 27.1. The van der Waals surface area contributed by atoms with Crippen LogP contribution >= 0.6 is 0 Å². The summed E-state index contributed by atoms with van der Waals surface area (Å²) in [5, 5.41) is 11.1. The van der Waals surface area contributed by atoms with E-state index in [4.69, 9.17) is 4.74 Å². The number of hydrazine groups is 1. The van der Waals surface area contributed by atoms with Crippen LogP contribution in [0, 0.1) is 10.1 Å². The molecule has 1 atom stereocenters. The Hall–Kier alpha value is -4.01. The number of carbonyl (C=O) groups excluding carboxylic acids is 2. The fraction of sp³-hybridized carbons (Fsp3) is 0.286. The van der Waals surface area contributed by atoms with E-state index in [0.717, 1.165) is 6.08 Å². The van der Waals surface area contributed by atoms with Gasteiger partial charge < -0.3 is 4.74 Å². The number of pyridine rings is 1. The average molecular weight is 520 g/mol. The summed E-state index contributed by atoms with van der Waals surface area (Å²) in [4.78, 5) is 37.8. The van der Waals surface area contributed by atoms with E-state index in [1.807, 2.05) is 0 Å². The lowest BCUT2D eigenvalue weighted by Gasteiger charge is -2.34. The third-order valence-corrected chi connectivity index (χ3v) is 4.75. The molecule has 194 valence electrons. The molecule has 2 aromatic rings. The van der Waals surface area contributed by atoms with Crippen molar-refractivity contribution in [2.75, 3.05) is 0 Å². The van der Waals surface area contributed by atoms with Gasteiger partial charge in [-0.2, -0.15) is 26.3 Å². The third kappa shape index (κ3) is 6.56. The molecular weight excluding hydrogens is 502 g/mol. The summed E-state index contributed by atoms with van der Waals surface area (Å²) in [5.74, 6) is -3.51. The molecule has 0 radical (unpaired) electrons. The summed E-state index contributed by atoms with van der Waals surface area (Å²) in [7, 11) is 0. The number of rotatable bonds is 9. The second kappa shape index (κ2) is 11.2. The van der Waals surface area contributed by atoms with Crippen molar-refractivity contribution in [2.45, 2.75) is 37.4 Å². The summed E-state index contributed by atoms with van der Waals surface area (Å²) in [6.45, 7) is 2.66. The smallest absolute Gasteiger partial charge is 0.352 e. The largest absolute Gasteiger partial charge is 0.426 e. The van der Waals surface area contributed by atoms with Gasteiger partial charge in [0.2, 0.25) is 11.3 Å². The van der Waals surface area contributed by atoms with Gasteiger partial charge in [0.1, 0.15) is 0 Å². The second-order valence-corrected chi connectivity index (χ2v) is 7.18. The van der Waals surface area contributed by atoms with E-state index in [0.29, 0.717) is 5.56 Å². The van der Waals surface area contributed by atoms with Gasteiger partial charge in [-0.05, 0) is 18.4 Å². The number of amides is 2. The molecular formula is C21H18F6N4O5. The molecule has 9 nitrogen and oxygen atoms in total. The van der Waals surface area contributed by atoms with Crippen LogP contribution < -0.4 is 10.9 Å². The highest BCUT2D eigenvalue weighted by Gasteiger charge is 2.61. The first kappa shape index (κ1) is 28.2. The number of allylic oxidation sites excluding steroid dienone is 1. The van der Waals surface area contributed by atoms with Crippen molar-refractivity contribution in [3.8, 4) is 0 Å². The van der Waals surface area contributed by atoms with Crippen LogP contribution in [0.2, 0.25) is 0 Å². The number of nitrogens with one attached hydrogen (secondary N) is 2. The van der Waals surface area contributed by atoms with E-state index in [-0.39, 0.29) is 18.7 Å². The number of alkyl halides is 6. The summed E-state index contributed by atoms with van der Waals surface area (Å²) >= 11 is 0. The summed E-state index contributed by atoms with van der Waals surface area (Å²) in [6.07, 6.45) is -10.4. The zero-order valence-corrected chi connectivity index (χ0v) is 18.2. The average Bonchev–Trinajstić information content (AvgIpc) is 2.81. The van der Waals surface area contributed by atoms with Gasteiger partial charge in [0, 0.05) is 12.3 Å². The molecule has 1 heterocycles. The second-order valence-electron chi connectivity index (χ2n) is 7.18. The number of halogens is 6. The normalized spacial score (nSPS) is 13.4. The van der Waals surface area contributed by atoms with Crippen LogP contribution in [0.25, 0.3) is 0 Å². The molecule has 0 saturated carbocycles. The van der Waals surface area contributed by atoms with Crippen LogP contribution in [0.5, 0.6) is 0 Å². The fourth-order valence-corrected chi connectivity index (χ4v) is 2.89. The van der Waals surface area contributed by atoms with Crippen LogP contribution in [0.3, 0.4) is 0 Å². The number of carbonyl (C=O) groups is 2. The van der Waals surface area contributed by atoms with Crippen LogP contribution in [0.1, 0.15) is 34.5 Å². The highest BCUT2D eigenvalue weighted by atomic mass is 19.4. The molecule has 36 heavy (non-hydrogen) atoms. The van der Waals surface area contributed by atoms with Crippen molar-refractivity contribution in [3.05, 3.63) is 82.2 Å². The van der Waals surface area contributed by atoms with E-state index in [1.54, 1.807) is 6.07 Å². The van der Waals surface area contributed by atoms with Crippen LogP contribution in [0.4, 0.5) is 32.0 Å². The van der Waals surface area contributed by atoms with E-state index in [1.165, 1.54) is 35.1 Å². The Labute approximate surface area is 199 Å². The van der Waals surface area contributed by atoms with Gasteiger partial charge in [-0.25, -0.2) is 4.98 Å². The molecule has 0 spiro atoms. The SMILES string of the molecule is C=CCC[C@@](OCc1ccccc1)(C(=O)NNC(=O)c1ncc(C(F)(F)F)cc1[N+](=O)[O-])C(F)(F)F. The van der Waals surface area contributed by atoms with Gasteiger partial charge in [-0.3, -0.25) is 30.6 Å². The van der Waals surface area contributed by atoms with E-state index >= 15 is 0 Å². The summed E-state index contributed by atoms with van der Waals surface area (Å²) in [6, 6.07) is 7.59. The Morgan fingerprint density at radius 3 is 2.28 bits per heavy atom. The number of hydrogen-bond acceptors (Lipinski definition) is 6. The number of ether oxygens (including phenoxy) is 1. The number of benzene rings is 1. The van der Waals surface area contributed by atoms with Crippen molar-refractivity contribution in [1.82, 2.24) is 15.8 Å². The molecule has 0 saturated heterocycles. The number of hydrogen-bond donors (Lipinski definition) is 2. The summed E-state index contributed by atoms with van der Waals surface area (Å²) in [5.41, 5.74) is -4.29. The standard InChI is InChI=1S/C21H18F6N4O5/c1-2-3-9-19(21(25,26)27,36-12-13-7-5-4-6-8-13)18(33)30-29-17(32)16-15(31(34)35)10-14(11-28-16)20(22,23)24/h2,4-8,10-11H,1,3,9,12H2,(H,29,32)(H,30,33)/t19-/m1/s1. The van der Waals surface area contributed by atoms with Crippen molar-refractivity contribution >= 4 is 17.5 Å². The fourth-order valence-electron chi connectivity index (χ4n) is 2.89. The van der Waals surface area contributed by atoms with E-state index in [2.05, 4.69) is 11.6 Å². The maximum atomic E-state index is 14.1. The quantitative estimate of drug-likeness (QED) is 0.221. The minimum atomic E-state index is -5.29. The zero-order valence-electron chi connectivity index (χ0n) is 18.2. The summed E-state index contributed by atoms with van der Waals surface area (Å²) < 4.78 is 85.7. The molecule has 0 aliphatic carbocycles. The van der Waals surface area contributed by atoms with Gasteiger partial charge in [-0.15, -0.1) is 6.58 Å². The van der Waals surface area contributed by atoms with Crippen molar-refractivity contribution in [3.63, 3.8) is 0 Å². The predicted molar refractivity (Wildman–Crippen MR) is 111 cm³/mol. The Bertz CT molecular complexity index is 1120. The predicted octanol–water partition coefficient (Wildman–Crippen LogP) is 4.25. The van der Waals surface area contributed by atoms with Crippen LogP contribution in [-0.2, 0) is 22.3 Å². The maximum absolute atomic E-state index is 14.1. The van der Waals surface area contributed by atoms with Gasteiger partial charge in [0.05, 0.1) is 17.1 Å². The van der Waals surface area contributed by atoms with Crippen molar-refractivity contribution in [1.29, 1.82) is 0 Å². The topological polar surface area (TPSA) is 123 Å². The minimum absolute atomic E-state index is 0.0246. The first-order chi connectivity index (χ1) is 16.7. The Morgan fingerprint density at radius 1 is 1.11 bits per heavy atom. The Balaban J connectivity index is 2.31. The minimum Gasteiger partial charge on any atom is -0.352 e. The lowest BCUT2D eigenvalue weighted by atomic mass is 9.95. The molecule has 0 aliphatic rings. The molecule has 0 bridgehead atoms. The number of aromatic nitrogens is 1. The van der Waals surface area contributed by atoms with Crippen molar-refractivity contribution < 1.29 is 45.6 Å². The number of nitrogens with zero attached hydrogens (tertiary/aromatic N) is 2. The van der Waals surface area contributed by atoms with Crippen LogP contribution in [0.15, 0.2) is 55.3 Å². The molecule has 1 aromatic carbocycles. The van der Waals surface area contributed by atoms with Crippen LogP contribution in [-0.4, -0.2) is 33.5 Å². The van der Waals surface area contributed by atoms with Gasteiger partial charge in [0.15, 0.2) is 0 Å². The van der Waals surface area contributed by atoms with Gasteiger partial charge >= 0.3 is 18.0 Å². The lowest BCUT2D eigenvalue weighted by molar-refractivity contribution is -0.385. The molecule has 2 rings (SSSR count). The van der Waals surface area contributed by atoms with Crippen molar-refractivity contribution in [2.24, 2.45) is 0 Å². The molecule has 0 aliphatic heterocycles. The lowest BCUT2D eigenvalue weighted by Crippen LogP contribution is -2.61. The molecule has 1 aromatic heterocycles. The third-order valence-electron chi connectivity index (χ3n) is 4.75. The highest BCUT2D eigenvalue weighted by Crippen LogP contribution is 2.39. The Morgan fingerprint density at radius 2 is 1.75 bits per heavy atom. The first-order valence-electron chi connectivity index (χ1n) is 9.91. The number of nitro groups is 1. The van der Waals surface area contributed by atoms with E-state index < -0.39 is 64.7 Å². The molecule has 15 heteroatoms. The molecule has 0 fully saturated rings.